The van der Waals surface area contributed by atoms with Gasteiger partial charge in [-0.1, -0.05) is 25.1 Å². The van der Waals surface area contributed by atoms with E-state index in [1.165, 1.54) is 7.11 Å². The zero-order chi connectivity index (χ0) is 12.7. The molecule has 0 aliphatic rings. The summed E-state index contributed by atoms with van der Waals surface area (Å²) < 4.78 is 5.13. The number of nitrogens with zero attached hydrogens (tertiary/aromatic N) is 1. The normalized spacial score (nSPS) is 13.5. The summed E-state index contributed by atoms with van der Waals surface area (Å²) in [5.41, 5.74) is 0.558. The van der Waals surface area contributed by atoms with Gasteiger partial charge in [-0.25, -0.2) is 0 Å². The summed E-state index contributed by atoms with van der Waals surface area (Å²) in [5.74, 6) is -0.571. The van der Waals surface area contributed by atoms with Crippen LogP contribution in [0, 0.1) is 17.2 Å². The van der Waals surface area contributed by atoms with E-state index in [-0.39, 0.29) is 11.8 Å². The lowest BCUT2D eigenvalue weighted by molar-refractivity contribution is 0.0371. The third kappa shape index (κ3) is 3.58. The van der Waals surface area contributed by atoms with Gasteiger partial charge in [0.2, 0.25) is 0 Å². The maximum Gasteiger partial charge on any atom is 0.253 e. The highest BCUT2D eigenvalue weighted by Gasteiger charge is 2.21. The summed E-state index contributed by atoms with van der Waals surface area (Å²) in [6.45, 7) is 1.88. The standard InChI is InChI=1S/C13H16N2O2/c1-3-10(9-14)13(17-2)15-12(16)11-7-5-4-6-8-11/h4-8,10,13H,3H2,1-2H3,(H,15,16)/t10-,13+/m0/s1. The Hall–Kier alpha value is -1.86. The number of nitriles is 1. The Morgan fingerprint density at radius 1 is 1.47 bits per heavy atom. The molecule has 1 aromatic rings. The van der Waals surface area contributed by atoms with Crippen LogP contribution >= 0.6 is 0 Å². The van der Waals surface area contributed by atoms with E-state index >= 15 is 0 Å². The van der Waals surface area contributed by atoms with Gasteiger partial charge in [0.15, 0.2) is 0 Å². The van der Waals surface area contributed by atoms with Gasteiger partial charge in [0.05, 0.1) is 12.0 Å². The van der Waals surface area contributed by atoms with Crippen LogP contribution in [0.3, 0.4) is 0 Å². The minimum atomic E-state index is -0.572. The van der Waals surface area contributed by atoms with Crippen molar-refractivity contribution in [1.82, 2.24) is 5.32 Å². The molecule has 0 aliphatic heterocycles. The number of ether oxygens (including phenoxy) is 1. The quantitative estimate of drug-likeness (QED) is 0.789. The average Bonchev–Trinajstić information content (AvgIpc) is 2.39. The fourth-order valence-corrected chi connectivity index (χ4v) is 1.50. The lowest BCUT2D eigenvalue weighted by atomic mass is 10.1. The summed E-state index contributed by atoms with van der Waals surface area (Å²) >= 11 is 0. The fraction of sp³-hybridized carbons (Fsp3) is 0.385. The summed E-state index contributed by atoms with van der Waals surface area (Å²) in [7, 11) is 1.48. The molecule has 0 aromatic heterocycles. The van der Waals surface area contributed by atoms with Gasteiger partial charge in [0.25, 0.3) is 5.91 Å². The molecule has 0 radical (unpaired) electrons. The number of carbonyl (C=O) groups is 1. The van der Waals surface area contributed by atoms with Crippen molar-refractivity contribution in [2.24, 2.45) is 5.92 Å². The molecule has 0 unspecified atom stereocenters. The molecule has 0 fully saturated rings. The van der Waals surface area contributed by atoms with E-state index in [2.05, 4.69) is 11.4 Å². The number of hydrogen-bond donors (Lipinski definition) is 1. The molecule has 1 rings (SSSR count). The van der Waals surface area contributed by atoms with Crippen LogP contribution in [0.1, 0.15) is 23.7 Å². The first-order valence-electron chi connectivity index (χ1n) is 5.51. The molecular weight excluding hydrogens is 216 g/mol. The first kappa shape index (κ1) is 13.2. The Kier molecular flexibility index (Phi) is 5.18. The third-order valence-corrected chi connectivity index (χ3v) is 2.53. The van der Waals surface area contributed by atoms with E-state index in [4.69, 9.17) is 10.00 Å². The van der Waals surface area contributed by atoms with Gasteiger partial charge >= 0.3 is 0 Å². The molecule has 0 aliphatic carbocycles. The van der Waals surface area contributed by atoms with Crippen LogP contribution in [0.25, 0.3) is 0 Å². The number of methoxy groups -OCH3 is 1. The van der Waals surface area contributed by atoms with Gasteiger partial charge in [-0.05, 0) is 18.6 Å². The van der Waals surface area contributed by atoms with Crippen molar-refractivity contribution in [3.63, 3.8) is 0 Å². The topological polar surface area (TPSA) is 62.1 Å². The lowest BCUT2D eigenvalue weighted by Crippen LogP contribution is -2.41. The maximum atomic E-state index is 11.8. The molecule has 2 atom stereocenters. The molecule has 0 saturated heterocycles. The molecule has 17 heavy (non-hydrogen) atoms. The number of nitrogens with one attached hydrogen (secondary N) is 1. The van der Waals surface area contributed by atoms with E-state index in [1.54, 1.807) is 24.3 Å². The largest absolute Gasteiger partial charge is 0.360 e. The predicted molar refractivity (Wildman–Crippen MR) is 64.1 cm³/mol. The van der Waals surface area contributed by atoms with Crippen molar-refractivity contribution in [2.75, 3.05) is 7.11 Å². The molecule has 1 aromatic carbocycles. The van der Waals surface area contributed by atoms with Crippen LogP contribution in [0.4, 0.5) is 0 Å². The highest BCUT2D eigenvalue weighted by molar-refractivity contribution is 5.94. The molecule has 90 valence electrons. The van der Waals surface area contributed by atoms with E-state index in [1.807, 2.05) is 13.0 Å². The number of amides is 1. The van der Waals surface area contributed by atoms with Gasteiger partial charge in [-0.2, -0.15) is 5.26 Å². The van der Waals surface area contributed by atoms with Crippen LogP contribution in [0.5, 0.6) is 0 Å². The van der Waals surface area contributed by atoms with E-state index in [9.17, 15) is 4.79 Å². The average molecular weight is 232 g/mol. The summed E-state index contributed by atoms with van der Waals surface area (Å²) in [5, 5.41) is 11.6. The number of benzene rings is 1. The molecule has 0 spiro atoms. The summed E-state index contributed by atoms with van der Waals surface area (Å²) in [6, 6.07) is 11.0. The Morgan fingerprint density at radius 3 is 2.59 bits per heavy atom. The SMILES string of the molecule is CC[C@@H](C#N)[C@H](NC(=O)c1ccccc1)OC. The van der Waals surface area contributed by atoms with Crippen LogP contribution in [-0.2, 0) is 4.74 Å². The fourth-order valence-electron chi connectivity index (χ4n) is 1.50. The molecule has 0 saturated carbocycles. The second-order valence-corrected chi connectivity index (χ2v) is 3.64. The molecule has 4 heteroatoms. The Morgan fingerprint density at radius 2 is 2.12 bits per heavy atom. The number of hydrogen-bond acceptors (Lipinski definition) is 3. The predicted octanol–water partition coefficient (Wildman–Crippen LogP) is 1.94. The number of carbonyl (C=O) groups excluding carboxylic acids is 1. The van der Waals surface area contributed by atoms with Crippen molar-refractivity contribution in [2.45, 2.75) is 19.6 Å². The lowest BCUT2D eigenvalue weighted by Gasteiger charge is -2.20. The molecule has 1 amide bonds. The zero-order valence-corrected chi connectivity index (χ0v) is 10.0. The van der Waals surface area contributed by atoms with Crippen LogP contribution in [-0.4, -0.2) is 19.2 Å². The molecule has 4 nitrogen and oxygen atoms in total. The Balaban J connectivity index is 2.70. The van der Waals surface area contributed by atoms with Crippen molar-refractivity contribution in [3.8, 4) is 6.07 Å². The molecular formula is C13H16N2O2. The summed E-state index contributed by atoms with van der Waals surface area (Å²) in [6.07, 6.45) is 0.0575. The number of rotatable bonds is 5. The van der Waals surface area contributed by atoms with Gasteiger partial charge in [-0.15, -0.1) is 0 Å². The summed E-state index contributed by atoms with van der Waals surface area (Å²) in [4.78, 5) is 11.8. The van der Waals surface area contributed by atoms with E-state index in [0.29, 0.717) is 12.0 Å². The minimum Gasteiger partial charge on any atom is -0.360 e. The Labute approximate surface area is 101 Å². The van der Waals surface area contributed by atoms with Gasteiger partial charge in [0, 0.05) is 12.7 Å². The monoisotopic (exact) mass is 232 g/mol. The first-order valence-corrected chi connectivity index (χ1v) is 5.51. The van der Waals surface area contributed by atoms with E-state index < -0.39 is 6.23 Å². The second-order valence-electron chi connectivity index (χ2n) is 3.64. The van der Waals surface area contributed by atoms with Crippen molar-refractivity contribution in [1.29, 1.82) is 5.26 Å². The van der Waals surface area contributed by atoms with Crippen LogP contribution in [0.2, 0.25) is 0 Å². The maximum absolute atomic E-state index is 11.8. The molecule has 0 heterocycles. The van der Waals surface area contributed by atoms with Crippen molar-refractivity contribution in [3.05, 3.63) is 35.9 Å². The third-order valence-electron chi connectivity index (χ3n) is 2.53. The van der Waals surface area contributed by atoms with Crippen LogP contribution in [0.15, 0.2) is 30.3 Å². The molecule has 0 bridgehead atoms. The van der Waals surface area contributed by atoms with Crippen LogP contribution < -0.4 is 5.32 Å². The Bertz CT molecular complexity index is 398. The first-order chi connectivity index (χ1) is 8.22. The van der Waals surface area contributed by atoms with Gasteiger partial charge < -0.3 is 10.1 Å². The van der Waals surface area contributed by atoms with Gasteiger partial charge in [-0.3, -0.25) is 4.79 Å². The minimum absolute atomic E-state index is 0.230. The second kappa shape index (κ2) is 6.66. The van der Waals surface area contributed by atoms with Crippen molar-refractivity contribution < 1.29 is 9.53 Å². The van der Waals surface area contributed by atoms with E-state index in [0.717, 1.165) is 0 Å². The smallest absolute Gasteiger partial charge is 0.253 e. The van der Waals surface area contributed by atoms with Gasteiger partial charge in [0.1, 0.15) is 6.23 Å². The highest BCUT2D eigenvalue weighted by Crippen LogP contribution is 2.09. The van der Waals surface area contributed by atoms with Crippen molar-refractivity contribution >= 4 is 5.91 Å². The zero-order valence-electron chi connectivity index (χ0n) is 10.0. The molecule has 1 N–H and O–H groups in total. The highest BCUT2D eigenvalue weighted by atomic mass is 16.5.